The molecule has 0 atom stereocenters. The number of halogens is 1. The molecule has 0 fully saturated rings. The average molecular weight is 1060 g/mol. The first kappa shape index (κ1) is 50.6. The lowest BCUT2D eigenvalue weighted by Crippen LogP contribution is -1.95. The predicted molar refractivity (Wildman–Crippen MR) is 291 cm³/mol. The van der Waals surface area contributed by atoms with Crippen molar-refractivity contribution in [2.24, 2.45) is 0 Å². The normalized spacial score (nSPS) is 11.6. The fraction of sp³-hybridized carbons (Fsp3) is 0.500. The Labute approximate surface area is 413 Å². The first-order valence-electron chi connectivity index (χ1n) is 22.8. The van der Waals surface area contributed by atoms with Crippen LogP contribution in [0.1, 0.15) is 189 Å². The zero-order chi connectivity index (χ0) is 45.0. The second-order valence-electron chi connectivity index (χ2n) is 16.5. The summed E-state index contributed by atoms with van der Waals surface area (Å²) in [5, 5.41) is 15.5. The minimum absolute atomic E-state index is 0.228. The van der Waals surface area contributed by atoms with Crippen molar-refractivity contribution in [2.75, 3.05) is 0 Å². The summed E-state index contributed by atoms with van der Waals surface area (Å²) in [4.78, 5) is 37.5. The Morgan fingerprint density at radius 1 is 0.508 bits per heavy atom. The summed E-state index contributed by atoms with van der Waals surface area (Å²) in [6.45, 7) is 12.3. The second-order valence-corrected chi connectivity index (χ2v) is 25.1. The smallest absolute Gasteiger partial charge is 0.345 e. The summed E-state index contributed by atoms with van der Waals surface area (Å²) >= 11 is 17.4. The summed E-state index contributed by atoms with van der Waals surface area (Å²) in [5.41, 5.74) is 5.44. The van der Waals surface area contributed by atoms with E-state index in [2.05, 4.69) is 59.8 Å². The number of aromatic carboxylic acids is 1. The molecule has 340 valence electrons. The van der Waals surface area contributed by atoms with E-state index in [4.69, 9.17) is 5.11 Å². The van der Waals surface area contributed by atoms with Gasteiger partial charge in [0.15, 0.2) is 11.6 Å². The number of carboxylic acids is 1. The van der Waals surface area contributed by atoms with Gasteiger partial charge in [-0.3, -0.25) is 9.59 Å². The third-order valence-corrected chi connectivity index (χ3v) is 23.1. The van der Waals surface area contributed by atoms with Gasteiger partial charge in [0.1, 0.15) is 4.88 Å². The van der Waals surface area contributed by atoms with Gasteiger partial charge >= 0.3 is 5.97 Å². The van der Waals surface area contributed by atoms with Gasteiger partial charge in [0.25, 0.3) is 0 Å². The molecule has 0 unspecified atom stereocenters. The summed E-state index contributed by atoms with van der Waals surface area (Å²) in [7, 11) is 0. The number of carbonyl (C=O) groups is 3. The number of hydrogen-bond donors (Lipinski definition) is 1. The monoisotopic (exact) mass is 1060 g/mol. The Morgan fingerprint density at radius 3 is 1.62 bits per heavy atom. The highest BCUT2D eigenvalue weighted by Gasteiger charge is 2.22. The van der Waals surface area contributed by atoms with Crippen LogP contribution in [0.2, 0.25) is 0 Å². The van der Waals surface area contributed by atoms with Crippen LogP contribution in [0.4, 0.5) is 0 Å². The van der Waals surface area contributed by atoms with Crippen molar-refractivity contribution < 1.29 is 19.5 Å². The van der Waals surface area contributed by atoms with Crippen LogP contribution in [0.3, 0.4) is 0 Å². The minimum Gasteiger partial charge on any atom is -0.477 e. The molecule has 8 heterocycles. The summed E-state index contributed by atoms with van der Waals surface area (Å²) in [5.74, 6) is -0.350. The Bertz CT molecular complexity index is 2740. The summed E-state index contributed by atoms with van der Waals surface area (Å²) in [6.07, 6.45) is 24.2. The SMILES string of the molecule is CCCCCCCCCCc1c(C(C)=O)sc2c1sc1c(Br)csc12.CCCCCCc1csc2c(CCCCCC)c(C(C)=O)sc12.Cc1csc2c1sc1cc(C(=O)O)sc12. The first-order chi connectivity index (χ1) is 30.5. The topological polar surface area (TPSA) is 71.4 Å². The molecule has 0 aliphatic heterocycles. The Kier molecular flexibility index (Phi) is 19.9. The Balaban J connectivity index is 0.000000162. The van der Waals surface area contributed by atoms with Crippen LogP contribution in [-0.4, -0.2) is 22.6 Å². The number of aryl methyl sites for hydroxylation is 4. The maximum atomic E-state index is 12.1. The maximum absolute atomic E-state index is 12.1. The van der Waals surface area contributed by atoms with Crippen molar-refractivity contribution in [1.29, 1.82) is 0 Å². The molecule has 0 radical (unpaired) electrons. The van der Waals surface area contributed by atoms with Crippen LogP contribution >= 0.6 is 107 Å². The van der Waals surface area contributed by atoms with Crippen LogP contribution < -0.4 is 0 Å². The van der Waals surface area contributed by atoms with Gasteiger partial charge in [-0.05, 0) is 114 Å². The fourth-order valence-corrected chi connectivity index (χ4v) is 19.3. The molecule has 1 N–H and O–H groups in total. The van der Waals surface area contributed by atoms with Crippen molar-refractivity contribution in [3.8, 4) is 0 Å². The lowest BCUT2D eigenvalue weighted by Gasteiger charge is -2.03. The number of thiophene rings is 8. The highest BCUT2D eigenvalue weighted by atomic mass is 79.9. The Morgan fingerprint density at radius 2 is 1.02 bits per heavy atom. The number of unbranched alkanes of at least 4 members (excludes halogenated alkanes) is 13. The lowest BCUT2D eigenvalue weighted by atomic mass is 10.0. The quantitative estimate of drug-likeness (QED) is 0.0542. The number of fused-ring (bicyclic) bond motifs is 7. The van der Waals surface area contributed by atoms with E-state index in [1.807, 2.05) is 22.7 Å². The number of carboxylic acid groups (broad SMARTS) is 1. The van der Waals surface area contributed by atoms with E-state index in [-0.39, 0.29) is 11.6 Å². The van der Waals surface area contributed by atoms with Crippen molar-refractivity contribution >= 4 is 171 Å². The molecule has 0 amide bonds. The molecule has 8 rings (SSSR count). The molecule has 4 nitrogen and oxygen atoms in total. The maximum Gasteiger partial charge on any atom is 0.345 e. The zero-order valence-electron chi connectivity index (χ0n) is 37.6. The molecular weight excluding hydrogens is 1000 g/mol. The zero-order valence-corrected chi connectivity index (χ0v) is 45.7. The van der Waals surface area contributed by atoms with Gasteiger partial charge in [-0.15, -0.1) is 90.7 Å². The van der Waals surface area contributed by atoms with Crippen molar-refractivity contribution in [3.05, 3.63) is 63.6 Å². The molecule has 0 bridgehead atoms. The first-order valence-corrected chi connectivity index (χ1v) is 30.3. The highest BCUT2D eigenvalue weighted by molar-refractivity contribution is 9.10. The Hall–Kier alpha value is -1.81. The molecule has 13 heteroatoms. The van der Waals surface area contributed by atoms with Gasteiger partial charge in [-0.1, -0.05) is 104 Å². The van der Waals surface area contributed by atoms with Gasteiger partial charge in [0.05, 0.1) is 42.7 Å². The van der Waals surface area contributed by atoms with Crippen LogP contribution in [0.25, 0.3) is 47.0 Å². The largest absolute Gasteiger partial charge is 0.477 e. The molecule has 63 heavy (non-hydrogen) atoms. The number of Topliss-reactive ketones (excluding diaryl/α,β-unsaturated/α-hetero) is 2. The van der Waals surface area contributed by atoms with Crippen molar-refractivity contribution in [3.63, 3.8) is 0 Å². The van der Waals surface area contributed by atoms with E-state index in [0.29, 0.717) is 4.88 Å². The van der Waals surface area contributed by atoms with E-state index in [9.17, 15) is 14.4 Å². The molecule has 0 aromatic carbocycles. The summed E-state index contributed by atoms with van der Waals surface area (Å²) < 4.78 is 14.2. The van der Waals surface area contributed by atoms with Crippen molar-refractivity contribution in [1.82, 2.24) is 0 Å². The van der Waals surface area contributed by atoms with Crippen LogP contribution in [-0.2, 0) is 19.3 Å². The van der Waals surface area contributed by atoms with Crippen molar-refractivity contribution in [2.45, 2.75) is 164 Å². The second kappa shape index (κ2) is 24.8. The predicted octanol–water partition coefficient (Wildman–Crippen LogP) is 20.4. The molecular formula is C50H61BrO4S8. The third-order valence-electron chi connectivity index (χ3n) is 11.4. The highest BCUT2D eigenvalue weighted by Crippen LogP contribution is 2.49. The van der Waals surface area contributed by atoms with E-state index in [1.165, 1.54) is 185 Å². The molecule has 8 aromatic heterocycles. The van der Waals surface area contributed by atoms with Crippen LogP contribution in [0.15, 0.2) is 26.7 Å². The molecule has 0 spiro atoms. The number of hydrogen-bond acceptors (Lipinski definition) is 11. The van der Waals surface area contributed by atoms with E-state index in [0.717, 1.165) is 32.0 Å². The molecule has 0 saturated carbocycles. The molecule has 8 aromatic rings. The van der Waals surface area contributed by atoms with Crippen LogP contribution in [0, 0.1) is 6.92 Å². The van der Waals surface area contributed by atoms with Gasteiger partial charge in [0.2, 0.25) is 0 Å². The standard InChI is InChI=1S/C20H25BrOS3.C20H30OS2.C10H6O2S3/c1-3-4-5-6-7-8-9-10-11-14-16(13(2)22)24-20-17(14)25-18-15(21)12-23-19(18)20;1-4-6-8-10-12-16-14-22-20-17(13-11-9-7-5-2)18(15(3)21)23-19(16)20;1-4-3-13-9-7(4)14-5-2-6(10(11)12)15-8(5)9/h12H,3-11H2,1-2H3;14H,4-13H2,1-3H3;2-3H,1H3,(H,11,12). The van der Waals surface area contributed by atoms with Gasteiger partial charge in [-0.2, -0.15) is 0 Å². The molecule has 0 aliphatic carbocycles. The van der Waals surface area contributed by atoms with Gasteiger partial charge < -0.3 is 5.11 Å². The fourth-order valence-electron chi connectivity index (χ4n) is 8.00. The van der Waals surface area contributed by atoms with E-state index >= 15 is 0 Å². The summed E-state index contributed by atoms with van der Waals surface area (Å²) in [6, 6.07) is 1.78. The number of ketones is 2. The van der Waals surface area contributed by atoms with Gasteiger partial charge in [0, 0.05) is 24.0 Å². The number of rotatable bonds is 22. The van der Waals surface area contributed by atoms with E-state index in [1.54, 1.807) is 76.6 Å². The number of carbonyl (C=O) groups excluding carboxylic acids is 2. The molecule has 0 saturated heterocycles. The van der Waals surface area contributed by atoms with Gasteiger partial charge in [-0.25, -0.2) is 4.79 Å². The van der Waals surface area contributed by atoms with E-state index < -0.39 is 5.97 Å². The third kappa shape index (κ3) is 12.6. The van der Waals surface area contributed by atoms with Crippen LogP contribution in [0.5, 0.6) is 0 Å². The lowest BCUT2D eigenvalue weighted by molar-refractivity contribution is 0.0701. The minimum atomic E-state index is -0.829. The average Bonchev–Trinajstić information content (AvgIpc) is 4.13. The molecule has 0 aliphatic rings.